The topological polar surface area (TPSA) is 713 Å². The number of aromatic hydroxyl groups is 2. The number of nitrogens with one attached hydrogen (secondary N) is 15. The van der Waals surface area contributed by atoms with Gasteiger partial charge in [-0.1, -0.05) is 108 Å². The Labute approximate surface area is 772 Å². The van der Waals surface area contributed by atoms with Crippen LogP contribution in [-0.4, -0.2) is 307 Å². The van der Waals surface area contributed by atoms with Crippen molar-refractivity contribution in [3.05, 3.63) is 59.7 Å². The van der Waals surface area contributed by atoms with Gasteiger partial charge in [-0.25, -0.2) is 0 Å². The fourth-order valence-corrected chi connectivity index (χ4v) is 18.6. The summed E-state index contributed by atoms with van der Waals surface area (Å²) in [5, 5.41) is 79.8. The van der Waals surface area contributed by atoms with E-state index < -0.39 is 253 Å². The number of carbonyl (C=O) groups is 20. The Hall–Kier alpha value is -11.3. The zero-order valence-electron chi connectivity index (χ0n) is 73.7. The van der Waals surface area contributed by atoms with Crippen LogP contribution in [0.3, 0.4) is 0 Å². The SMILES string of the molecule is CC[C@H](C)[C@@H]1NC(=O)[C@@H](Cc2ccc(O)cc2)NC(=O)CCSSC[C@@H](C(=O)N2CCC[C@H]2C(=O)N[C@@H](CCCNC(=O)CNC(=O)[C@H](CCCN)NC(=O)[C@@H]2CCCN2C(=O)[C@@H]2CSSCCC(=O)N[C@H](Cc3ccc(O)cc3)C(=O)N[C@@H]([C@@H](C)CC)C(=O)N[C@@H]([C@@H](C)O)C(=O)N[C@@H](CC(N)=O)C(=O)N2)C(=O)NCC(N)=O)NC(=O)[C@H](CC(N)=O)NC(=O)[C@H]([C@@H](C)O)NC1=O. The smallest absolute Gasteiger partial charge is 0.246 e. The molecular weight excluding hydrogens is 1790 g/mol. The molecule has 131 heavy (non-hydrogen) atoms. The normalized spacial score (nSPS) is 24.4. The number of aliphatic hydroxyl groups is 2. The van der Waals surface area contributed by atoms with E-state index in [2.05, 4.69) is 79.8 Å². The van der Waals surface area contributed by atoms with Crippen LogP contribution in [0.4, 0.5) is 0 Å². The molecule has 4 heterocycles. The quantitative estimate of drug-likeness (QED) is 0.0233. The first kappa shape index (κ1) is 108. The molecule has 18 atom stereocenters. The second kappa shape index (κ2) is 54.5. The molecule has 0 saturated carbocycles. The Balaban J connectivity index is 1.13. The zero-order valence-corrected chi connectivity index (χ0v) is 77.0. The number of likely N-dealkylation sites (tertiary alicyclic amines) is 2. The highest BCUT2D eigenvalue weighted by Gasteiger charge is 2.45. The Morgan fingerprint density at radius 3 is 1.18 bits per heavy atom. The van der Waals surface area contributed by atoms with Crippen molar-refractivity contribution in [2.45, 2.75) is 241 Å². The summed E-state index contributed by atoms with van der Waals surface area (Å²) in [6.07, 6.45) is -4.96. The number of benzene rings is 2. The van der Waals surface area contributed by atoms with Crippen LogP contribution in [-0.2, 0) is 109 Å². The van der Waals surface area contributed by atoms with E-state index in [9.17, 15) is 116 Å². The lowest BCUT2D eigenvalue weighted by Crippen LogP contribution is -2.63. The average Bonchev–Trinajstić information content (AvgIpc) is 1.72. The fraction of sp³-hybridized carbons (Fsp3) is 0.610. The Bertz CT molecular complexity index is 4370. The highest BCUT2D eigenvalue weighted by Crippen LogP contribution is 2.29. The lowest BCUT2D eigenvalue weighted by atomic mass is 9.96. The molecule has 27 N–H and O–H groups in total. The van der Waals surface area contributed by atoms with Crippen molar-refractivity contribution in [1.82, 2.24) is 89.6 Å². The minimum absolute atomic E-state index is 0.00508. The van der Waals surface area contributed by atoms with Crippen LogP contribution in [0, 0.1) is 11.8 Å². The van der Waals surface area contributed by atoms with Gasteiger partial charge in [-0.15, -0.1) is 0 Å². The van der Waals surface area contributed by atoms with Gasteiger partial charge in [0.2, 0.25) is 118 Å². The minimum atomic E-state index is -1.87. The van der Waals surface area contributed by atoms with Gasteiger partial charge in [0, 0.05) is 68.3 Å². The molecule has 20 amide bonds. The van der Waals surface area contributed by atoms with E-state index in [1.54, 1.807) is 27.7 Å². The highest BCUT2D eigenvalue weighted by molar-refractivity contribution is 8.77. The van der Waals surface area contributed by atoms with Crippen LogP contribution in [0.5, 0.6) is 11.5 Å². The molecule has 49 heteroatoms. The van der Waals surface area contributed by atoms with Crippen LogP contribution < -0.4 is 103 Å². The van der Waals surface area contributed by atoms with E-state index in [1.807, 2.05) is 0 Å². The molecule has 0 bridgehead atoms. The van der Waals surface area contributed by atoms with Gasteiger partial charge in [0.15, 0.2) is 0 Å². The summed E-state index contributed by atoms with van der Waals surface area (Å²) >= 11 is 0. The average molecular weight is 1920 g/mol. The van der Waals surface area contributed by atoms with Gasteiger partial charge in [0.1, 0.15) is 96.1 Å². The fourth-order valence-electron chi connectivity index (χ4n) is 14.3. The molecule has 2 aromatic carbocycles. The summed E-state index contributed by atoms with van der Waals surface area (Å²) in [6, 6.07) is -9.74. The summed E-state index contributed by atoms with van der Waals surface area (Å²) in [6.45, 7) is 7.26. The van der Waals surface area contributed by atoms with Crippen LogP contribution in [0.15, 0.2) is 48.5 Å². The van der Waals surface area contributed by atoms with Crippen molar-refractivity contribution < 1.29 is 116 Å². The molecule has 4 aliphatic heterocycles. The summed E-state index contributed by atoms with van der Waals surface area (Å²) in [5.74, 6) is -20.5. The maximum absolute atomic E-state index is 14.9. The number of phenols is 2. The van der Waals surface area contributed by atoms with Gasteiger partial charge < -0.3 is 133 Å². The maximum Gasteiger partial charge on any atom is 0.246 e. The lowest BCUT2D eigenvalue weighted by Gasteiger charge is -2.31. The Kier molecular flexibility index (Phi) is 45.1. The third kappa shape index (κ3) is 35.4. The Morgan fingerprint density at radius 1 is 0.450 bits per heavy atom. The first-order chi connectivity index (χ1) is 62.1. The van der Waals surface area contributed by atoms with E-state index in [4.69, 9.17) is 22.9 Å². The molecule has 4 fully saturated rings. The third-order valence-corrected chi connectivity index (χ3v) is 26.9. The van der Waals surface area contributed by atoms with E-state index in [0.717, 1.165) is 66.8 Å². The molecule has 0 radical (unpaired) electrons. The zero-order chi connectivity index (χ0) is 96.9. The van der Waals surface area contributed by atoms with Crippen LogP contribution in [0.2, 0.25) is 0 Å². The number of rotatable bonds is 33. The van der Waals surface area contributed by atoms with Crippen LogP contribution in [0.25, 0.3) is 0 Å². The Morgan fingerprint density at radius 2 is 0.817 bits per heavy atom. The lowest BCUT2D eigenvalue weighted by molar-refractivity contribution is -0.142. The standard InChI is InChI=1S/C82H123N21O24S4/c1-7-41(3)65-77(122)100-67(43(5)104)79(124)94-53(35-59(84)108)71(116)96-55(39-130-128-31-25-62(111)90-51(73(118)98-65)33-45-17-21-47(106)22-18-45)81(126)102-29-11-15-57(102)75(120)92-49(13-9-27-83)70(115)89-38-64(113)87-28-10-14-50(69(114)88-37-61(86)110)93-76(121)58-16-12-30-103(58)82(127)56-40-131-129-32-26-63(112)91-52(34-46-19-23-48(107)24-20-46)74(119)99-66(42(4)8-2)78(123)101-68(44(6)105)80(125)95-54(36-60(85)109)72(117)97-56/h17-24,41-44,49-58,65-68,104-107H,7-16,25-40,83H2,1-6H3,(H2,84,108)(H2,85,109)(H2,86,110)(H,87,113)(H,88,114)(H,89,115)(H,90,111)(H,91,112)(H,92,120)(H,93,121)(H,94,124)(H,95,125)(H,96,116)(H,97,117)(H,98,118)(H,99,119)(H,100,122)(H,101,123)/t41-,42-,43+,44+,49-,50-,51+,52+,53-,54-,55-,56-,57-,58-,65-,66-,67-,68-/m0/s1. The van der Waals surface area contributed by atoms with Crippen molar-refractivity contribution >= 4 is 161 Å². The summed E-state index contributed by atoms with van der Waals surface area (Å²) in [4.78, 5) is 280. The van der Waals surface area contributed by atoms with Gasteiger partial charge in [-0.2, -0.15) is 0 Å². The van der Waals surface area contributed by atoms with Crippen molar-refractivity contribution in [2.75, 3.05) is 62.3 Å². The second-order valence-corrected chi connectivity index (χ2v) is 37.6. The van der Waals surface area contributed by atoms with Gasteiger partial charge in [0.25, 0.3) is 0 Å². The van der Waals surface area contributed by atoms with Crippen LogP contribution >= 0.6 is 43.2 Å². The monoisotopic (exact) mass is 1910 g/mol. The van der Waals surface area contributed by atoms with Crippen molar-refractivity contribution in [3.63, 3.8) is 0 Å². The molecule has 0 aromatic heterocycles. The third-order valence-electron chi connectivity index (χ3n) is 22.0. The second-order valence-electron chi connectivity index (χ2n) is 32.3. The number of primary amides is 3. The van der Waals surface area contributed by atoms with Gasteiger partial charge in [-0.05, 0) is 119 Å². The molecule has 2 aromatic rings. The van der Waals surface area contributed by atoms with Crippen molar-refractivity contribution in [2.24, 2.45) is 34.8 Å². The minimum Gasteiger partial charge on any atom is -0.508 e. The number of aliphatic hydroxyl groups excluding tert-OH is 2. The van der Waals surface area contributed by atoms with Gasteiger partial charge in [0.05, 0.1) is 38.1 Å². The van der Waals surface area contributed by atoms with Crippen LogP contribution in [0.1, 0.15) is 143 Å². The largest absolute Gasteiger partial charge is 0.508 e. The number of hydrogen-bond donors (Lipinski definition) is 23. The van der Waals surface area contributed by atoms with Gasteiger partial charge >= 0.3 is 0 Å². The predicted molar refractivity (Wildman–Crippen MR) is 481 cm³/mol. The number of nitrogens with two attached hydrogens (primary N) is 4. The maximum atomic E-state index is 14.9. The van der Waals surface area contributed by atoms with Crippen molar-refractivity contribution in [1.29, 1.82) is 0 Å². The first-order valence-electron chi connectivity index (χ1n) is 43.1. The number of hydrogen-bond acceptors (Lipinski definition) is 29. The molecule has 0 unspecified atom stereocenters. The van der Waals surface area contributed by atoms with E-state index >= 15 is 0 Å². The molecule has 0 spiro atoms. The van der Waals surface area contributed by atoms with Crippen molar-refractivity contribution in [3.8, 4) is 11.5 Å². The molecule has 4 saturated heterocycles. The molecule has 0 aliphatic carbocycles. The first-order valence-corrected chi connectivity index (χ1v) is 48.1. The molecular formula is C82H123N21O24S4. The number of amides is 20. The molecule has 724 valence electrons. The van der Waals surface area contributed by atoms with E-state index in [1.165, 1.54) is 48.5 Å². The number of phenolic OH excluding ortho intramolecular Hbond substituents is 2. The molecule has 45 nitrogen and oxygen atoms in total. The van der Waals surface area contributed by atoms with E-state index in [0.29, 0.717) is 24.0 Å². The number of nitrogens with zero attached hydrogens (tertiary/aromatic N) is 2. The summed E-state index contributed by atoms with van der Waals surface area (Å²) in [5.41, 5.74) is 23.4. The highest BCUT2D eigenvalue weighted by atomic mass is 33.1. The molecule has 6 rings (SSSR count). The summed E-state index contributed by atoms with van der Waals surface area (Å²) < 4.78 is 0. The predicted octanol–water partition coefficient (Wildman–Crippen LogP) is -6.79. The number of carbonyl (C=O) groups excluding carboxylic acids is 20. The van der Waals surface area contributed by atoms with Gasteiger partial charge in [-0.3, -0.25) is 95.9 Å². The summed E-state index contributed by atoms with van der Waals surface area (Å²) in [7, 11) is 4.15. The molecule has 4 aliphatic rings. The van der Waals surface area contributed by atoms with E-state index in [-0.39, 0.29) is 138 Å².